The van der Waals surface area contributed by atoms with Gasteiger partial charge in [-0.05, 0) is 64.3 Å². The van der Waals surface area contributed by atoms with E-state index in [4.69, 9.17) is 10.1 Å². The number of benzene rings is 1. The summed E-state index contributed by atoms with van der Waals surface area (Å²) in [6.07, 6.45) is 8.46. The van der Waals surface area contributed by atoms with Gasteiger partial charge in [0.1, 0.15) is 11.6 Å². The fourth-order valence-electron chi connectivity index (χ4n) is 5.42. The Balaban J connectivity index is 1.40. The first-order valence-electron chi connectivity index (χ1n) is 15.1. The predicted molar refractivity (Wildman–Crippen MR) is 167 cm³/mol. The van der Waals surface area contributed by atoms with Crippen LogP contribution in [0.3, 0.4) is 0 Å². The van der Waals surface area contributed by atoms with Crippen molar-refractivity contribution in [2.45, 2.75) is 78.6 Å². The minimum atomic E-state index is 0.453. The van der Waals surface area contributed by atoms with Crippen molar-refractivity contribution < 1.29 is 0 Å². The monoisotopic (exact) mass is 530 g/mol. The lowest BCUT2D eigenvalue weighted by atomic mass is 9.96. The third-order valence-corrected chi connectivity index (χ3v) is 8.26. The van der Waals surface area contributed by atoms with E-state index in [1.807, 2.05) is 0 Å². The molecule has 1 saturated heterocycles. The lowest BCUT2D eigenvalue weighted by Crippen LogP contribution is -2.38. The molecule has 6 heteroatoms. The number of unbranched alkanes of at least 4 members (excludes halogenated alkanes) is 2. The lowest BCUT2D eigenvalue weighted by Gasteiger charge is -2.33. The van der Waals surface area contributed by atoms with Gasteiger partial charge in [-0.3, -0.25) is 0 Å². The Hall–Kier alpha value is -2.86. The van der Waals surface area contributed by atoms with Crippen molar-refractivity contribution in [1.29, 1.82) is 0 Å². The zero-order chi connectivity index (χ0) is 27.9. The molecule has 3 aromatic rings. The van der Waals surface area contributed by atoms with Crippen LogP contribution in [0.5, 0.6) is 0 Å². The molecule has 6 nitrogen and oxygen atoms in total. The third-order valence-electron chi connectivity index (χ3n) is 8.26. The highest BCUT2D eigenvalue weighted by atomic mass is 15.4. The molecule has 1 aliphatic heterocycles. The molecule has 0 amide bonds. The van der Waals surface area contributed by atoms with Crippen molar-refractivity contribution in [1.82, 2.24) is 19.5 Å². The first kappa shape index (κ1) is 29.1. The molecule has 1 aromatic carbocycles. The van der Waals surface area contributed by atoms with Gasteiger partial charge in [0.05, 0.1) is 5.69 Å². The summed E-state index contributed by atoms with van der Waals surface area (Å²) >= 11 is 0. The Morgan fingerprint density at radius 3 is 2.54 bits per heavy atom. The van der Waals surface area contributed by atoms with Crippen LogP contribution in [0.4, 0.5) is 11.6 Å². The van der Waals surface area contributed by atoms with Gasteiger partial charge in [-0.15, -0.1) is 0 Å². The van der Waals surface area contributed by atoms with Gasteiger partial charge >= 0.3 is 0 Å². The van der Waals surface area contributed by atoms with E-state index in [-0.39, 0.29) is 0 Å². The van der Waals surface area contributed by atoms with E-state index in [9.17, 15) is 0 Å². The summed E-state index contributed by atoms with van der Waals surface area (Å²) in [7, 11) is 4.43. The highest BCUT2D eigenvalue weighted by Gasteiger charge is 2.21. The second kappa shape index (κ2) is 13.5. The maximum atomic E-state index is 5.07. The zero-order valence-electron chi connectivity index (χ0n) is 25.3. The van der Waals surface area contributed by atoms with Gasteiger partial charge in [-0.1, -0.05) is 69.0 Å². The van der Waals surface area contributed by atoms with E-state index in [1.54, 1.807) is 0 Å². The molecule has 0 radical (unpaired) electrons. The Labute approximate surface area is 236 Å². The van der Waals surface area contributed by atoms with E-state index in [1.165, 1.54) is 48.8 Å². The highest BCUT2D eigenvalue weighted by Crippen LogP contribution is 2.28. The molecule has 2 aromatic heterocycles. The van der Waals surface area contributed by atoms with Gasteiger partial charge in [0.2, 0.25) is 0 Å². The SMILES string of the molecule is C=C(C)c1cc(C)ccc1CCCN(C)CCN(C)c1cc(N2CCC2)nc2cc(C(C)CCCCC)nn12. The molecule has 1 unspecified atom stereocenters. The van der Waals surface area contributed by atoms with Crippen molar-refractivity contribution in [2.24, 2.45) is 0 Å². The third kappa shape index (κ3) is 7.42. The van der Waals surface area contributed by atoms with Crippen LogP contribution in [0.25, 0.3) is 11.2 Å². The minimum absolute atomic E-state index is 0.453. The number of allylic oxidation sites excluding steroid dienone is 1. The number of anilines is 2. The smallest absolute Gasteiger partial charge is 0.160 e. The maximum absolute atomic E-state index is 5.07. The average molecular weight is 531 g/mol. The van der Waals surface area contributed by atoms with Gasteiger partial charge in [0, 0.05) is 51.3 Å². The summed E-state index contributed by atoms with van der Waals surface area (Å²) in [6, 6.07) is 11.2. The van der Waals surface area contributed by atoms with Crippen LogP contribution in [0.15, 0.2) is 36.9 Å². The fourth-order valence-corrected chi connectivity index (χ4v) is 5.42. The normalized spacial score (nSPS) is 14.2. The Kier molecular flexibility index (Phi) is 10.1. The second-order valence-corrected chi connectivity index (χ2v) is 11.8. The van der Waals surface area contributed by atoms with Crippen LogP contribution < -0.4 is 9.80 Å². The van der Waals surface area contributed by atoms with Crippen molar-refractivity contribution in [2.75, 3.05) is 56.6 Å². The quantitative estimate of drug-likeness (QED) is 0.199. The van der Waals surface area contributed by atoms with Crippen LogP contribution in [-0.2, 0) is 6.42 Å². The summed E-state index contributed by atoms with van der Waals surface area (Å²) < 4.78 is 2.07. The number of aryl methyl sites for hydroxylation is 2. The summed E-state index contributed by atoms with van der Waals surface area (Å²) in [4.78, 5) is 12.2. The summed E-state index contributed by atoms with van der Waals surface area (Å²) in [5.74, 6) is 2.67. The van der Waals surface area contributed by atoms with Crippen LogP contribution in [0.1, 0.15) is 87.6 Å². The molecule has 1 fully saturated rings. The van der Waals surface area contributed by atoms with E-state index in [2.05, 4.69) is 97.9 Å². The van der Waals surface area contributed by atoms with Gasteiger partial charge < -0.3 is 14.7 Å². The van der Waals surface area contributed by atoms with Crippen LogP contribution in [-0.4, -0.2) is 66.3 Å². The Morgan fingerprint density at radius 2 is 1.85 bits per heavy atom. The van der Waals surface area contributed by atoms with Crippen LogP contribution in [0, 0.1) is 6.92 Å². The molecule has 3 heterocycles. The standard InChI is InChI=1S/C33H50N6/c1-8-9-10-13-27(5)30-23-32-34-31(38-18-12-19-38)24-33(39(32)35-30)37(7)21-20-36(6)17-11-14-28-16-15-26(4)22-29(28)25(2)3/h15-16,22-24,27H,2,8-14,17-21H2,1,3-7H3. The van der Waals surface area contributed by atoms with Crippen molar-refractivity contribution in [3.05, 3.63) is 59.3 Å². The van der Waals surface area contributed by atoms with Crippen molar-refractivity contribution in [3.8, 4) is 0 Å². The molecule has 39 heavy (non-hydrogen) atoms. The van der Waals surface area contributed by atoms with Crippen molar-refractivity contribution >= 4 is 22.9 Å². The molecule has 0 saturated carbocycles. The van der Waals surface area contributed by atoms with Gasteiger partial charge in [-0.25, -0.2) is 4.98 Å². The van der Waals surface area contributed by atoms with Crippen LogP contribution >= 0.6 is 0 Å². The van der Waals surface area contributed by atoms with E-state index >= 15 is 0 Å². The van der Waals surface area contributed by atoms with E-state index in [0.717, 1.165) is 74.1 Å². The first-order chi connectivity index (χ1) is 18.8. The number of fused-ring (bicyclic) bond motifs is 1. The summed E-state index contributed by atoms with van der Waals surface area (Å²) in [5, 5.41) is 5.07. The Morgan fingerprint density at radius 1 is 1.05 bits per heavy atom. The topological polar surface area (TPSA) is 39.9 Å². The van der Waals surface area contributed by atoms with Crippen LogP contribution in [0.2, 0.25) is 0 Å². The van der Waals surface area contributed by atoms with Crippen molar-refractivity contribution in [3.63, 3.8) is 0 Å². The number of aromatic nitrogens is 3. The van der Waals surface area contributed by atoms with E-state index in [0.29, 0.717) is 5.92 Å². The number of nitrogens with zero attached hydrogens (tertiary/aromatic N) is 6. The van der Waals surface area contributed by atoms with Gasteiger partial charge in [0.25, 0.3) is 0 Å². The fraction of sp³-hybridized carbons (Fsp3) is 0.576. The molecule has 0 bridgehead atoms. The molecule has 0 spiro atoms. The molecule has 1 atom stereocenters. The number of rotatable bonds is 15. The van der Waals surface area contributed by atoms with Gasteiger partial charge in [-0.2, -0.15) is 9.61 Å². The number of likely N-dealkylation sites (N-methyl/N-ethyl adjacent to an activating group) is 2. The van der Waals surface area contributed by atoms with Gasteiger partial charge in [0.15, 0.2) is 5.65 Å². The number of hydrogen-bond donors (Lipinski definition) is 0. The largest absolute Gasteiger partial charge is 0.358 e. The minimum Gasteiger partial charge on any atom is -0.358 e. The lowest BCUT2D eigenvalue weighted by molar-refractivity contribution is 0.336. The second-order valence-electron chi connectivity index (χ2n) is 11.8. The molecule has 0 aliphatic carbocycles. The molecule has 0 N–H and O–H groups in total. The zero-order valence-corrected chi connectivity index (χ0v) is 25.3. The van der Waals surface area contributed by atoms with E-state index < -0.39 is 0 Å². The molecular weight excluding hydrogens is 480 g/mol. The maximum Gasteiger partial charge on any atom is 0.160 e. The first-order valence-corrected chi connectivity index (χ1v) is 15.1. The number of hydrogen-bond acceptors (Lipinski definition) is 5. The Bertz CT molecular complexity index is 1240. The predicted octanol–water partition coefficient (Wildman–Crippen LogP) is 6.97. The molecule has 1 aliphatic rings. The molecule has 212 valence electrons. The average Bonchev–Trinajstić information content (AvgIpc) is 3.31. The molecular formula is C33H50N6. The summed E-state index contributed by atoms with van der Waals surface area (Å²) in [5.41, 5.74) is 7.32. The highest BCUT2D eigenvalue weighted by molar-refractivity contribution is 5.65. The summed E-state index contributed by atoms with van der Waals surface area (Å²) in [6.45, 7) is 18.2. The molecule has 4 rings (SSSR count).